The molecule has 1 aromatic heterocycles. The van der Waals surface area contributed by atoms with Gasteiger partial charge < -0.3 is 10.3 Å². The van der Waals surface area contributed by atoms with Crippen molar-refractivity contribution in [3.8, 4) is 0 Å². The number of aryl methyl sites for hydroxylation is 1. The summed E-state index contributed by atoms with van der Waals surface area (Å²) in [7, 11) is 0. The van der Waals surface area contributed by atoms with E-state index in [1.54, 1.807) is 12.3 Å². The lowest BCUT2D eigenvalue weighted by Gasteiger charge is -2.15. The van der Waals surface area contributed by atoms with Crippen molar-refractivity contribution in [3.63, 3.8) is 0 Å². The third-order valence-electron chi connectivity index (χ3n) is 3.02. The van der Waals surface area contributed by atoms with Crippen molar-refractivity contribution in [1.29, 1.82) is 0 Å². The predicted molar refractivity (Wildman–Crippen MR) is 79.8 cm³/mol. The second-order valence-corrected chi connectivity index (χ2v) is 5.32. The van der Waals surface area contributed by atoms with Gasteiger partial charge >= 0.3 is 0 Å². The number of aromatic amines is 1. The number of aromatic nitrogens is 2. The Hall–Kier alpha value is -1.03. The normalized spacial score (nSPS) is 12.6. The largest absolute Gasteiger partial charge is 0.349 e. The fourth-order valence-electron chi connectivity index (χ4n) is 1.97. The van der Waals surface area contributed by atoms with Gasteiger partial charge in [-0.1, -0.05) is 29.3 Å². The van der Waals surface area contributed by atoms with E-state index < -0.39 is 0 Å². The van der Waals surface area contributed by atoms with Crippen LogP contribution in [0.3, 0.4) is 0 Å². The molecule has 0 amide bonds. The Morgan fingerprint density at radius 1 is 1.37 bits per heavy atom. The van der Waals surface area contributed by atoms with Crippen LogP contribution in [0.1, 0.15) is 30.8 Å². The maximum absolute atomic E-state index is 6.18. The zero-order valence-electron chi connectivity index (χ0n) is 10.8. The number of imidazole rings is 1. The first-order chi connectivity index (χ1) is 9.16. The molecule has 1 heterocycles. The van der Waals surface area contributed by atoms with E-state index in [1.165, 1.54) is 0 Å². The molecule has 1 aromatic carbocycles. The molecule has 0 saturated heterocycles. The van der Waals surface area contributed by atoms with Gasteiger partial charge in [0.1, 0.15) is 5.82 Å². The Labute approximate surface area is 123 Å². The van der Waals surface area contributed by atoms with Crippen molar-refractivity contribution >= 4 is 23.2 Å². The first kappa shape index (κ1) is 14.4. The lowest BCUT2D eigenvalue weighted by atomic mass is 10.1. The van der Waals surface area contributed by atoms with E-state index in [0.717, 1.165) is 30.8 Å². The Kier molecular flexibility index (Phi) is 5.25. The zero-order chi connectivity index (χ0) is 13.7. The smallest absolute Gasteiger partial charge is 0.106 e. The van der Waals surface area contributed by atoms with Crippen LogP contribution in [0.2, 0.25) is 10.0 Å². The number of halogens is 2. The van der Waals surface area contributed by atoms with Gasteiger partial charge in [0.2, 0.25) is 0 Å². The van der Waals surface area contributed by atoms with Crippen molar-refractivity contribution < 1.29 is 0 Å². The van der Waals surface area contributed by atoms with Crippen molar-refractivity contribution in [2.75, 3.05) is 6.54 Å². The minimum atomic E-state index is 0.210. The average molecular weight is 298 g/mol. The summed E-state index contributed by atoms with van der Waals surface area (Å²) in [4.78, 5) is 7.29. The molecule has 5 heteroatoms. The van der Waals surface area contributed by atoms with Gasteiger partial charge in [-0.05, 0) is 37.6 Å². The van der Waals surface area contributed by atoms with Crippen LogP contribution in [0.25, 0.3) is 0 Å². The highest BCUT2D eigenvalue weighted by Crippen LogP contribution is 2.25. The average Bonchev–Trinajstić information content (AvgIpc) is 2.87. The van der Waals surface area contributed by atoms with Crippen LogP contribution in [-0.2, 0) is 6.42 Å². The Bertz CT molecular complexity index is 511. The number of H-pyrrole nitrogens is 1. The molecule has 19 heavy (non-hydrogen) atoms. The number of nitrogens with zero attached hydrogens (tertiary/aromatic N) is 1. The molecule has 0 radical (unpaired) electrons. The van der Waals surface area contributed by atoms with Crippen LogP contribution in [-0.4, -0.2) is 16.5 Å². The van der Waals surface area contributed by atoms with Gasteiger partial charge in [-0.3, -0.25) is 0 Å². The molecule has 2 N–H and O–H groups in total. The Balaban J connectivity index is 1.79. The first-order valence-corrected chi connectivity index (χ1v) is 7.09. The number of hydrogen-bond donors (Lipinski definition) is 2. The van der Waals surface area contributed by atoms with Gasteiger partial charge in [-0.25, -0.2) is 4.98 Å². The molecule has 0 spiro atoms. The third-order valence-corrected chi connectivity index (χ3v) is 3.59. The topological polar surface area (TPSA) is 40.7 Å². The monoisotopic (exact) mass is 297 g/mol. The molecule has 0 bridgehead atoms. The number of hydrogen-bond acceptors (Lipinski definition) is 2. The number of benzene rings is 1. The summed E-state index contributed by atoms with van der Waals surface area (Å²) in [5, 5.41) is 4.82. The fraction of sp³-hybridized carbons (Fsp3) is 0.357. The summed E-state index contributed by atoms with van der Waals surface area (Å²) >= 11 is 12.1. The van der Waals surface area contributed by atoms with Crippen LogP contribution < -0.4 is 5.32 Å². The van der Waals surface area contributed by atoms with Crippen molar-refractivity contribution in [3.05, 3.63) is 52.0 Å². The van der Waals surface area contributed by atoms with Crippen LogP contribution in [0.15, 0.2) is 30.6 Å². The van der Waals surface area contributed by atoms with E-state index in [1.807, 2.05) is 18.3 Å². The highest BCUT2D eigenvalue weighted by Gasteiger charge is 2.09. The number of rotatable bonds is 6. The van der Waals surface area contributed by atoms with E-state index in [-0.39, 0.29) is 6.04 Å². The van der Waals surface area contributed by atoms with Gasteiger partial charge in [0, 0.05) is 34.9 Å². The second kappa shape index (κ2) is 6.94. The molecule has 3 nitrogen and oxygen atoms in total. The molecular formula is C14H17Cl2N3. The van der Waals surface area contributed by atoms with Gasteiger partial charge in [-0.2, -0.15) is 0 Å². The van der Waals surface area contributed by atoms with Gasteiger partial charge in [0.15, 0.2) is 0 Å². The summed E-state index contributed by atoms with van der Waals surface area (Å²) in [5.41, 5.74) is 1.07. The standard InChI is InChI=1S/C14H17Cl2N3/c1-10(12-5-4-11(15)9-13(12)16)17-6-2-3-14-18-7-8-19-14/h4-5,7-10,17H,2-3,6H2,1H3,(H,18,19). The minimum Gasteiger partial charge on any atom is -0.349 e. The molecule has 0 aliphatic heterocycles. The lowest BCUT2D eigenvalue weighted by Crippen LogP contribution is -2.20. The summed E-state index contributed by atoms with van der Waals surface area (Å²) in [6.07, 6.45) is 5.60. The van der Waals surface area contributed by atoms with E-state index in [2.05, 4.69) is 22.2 Å². The van der Waals surface area contributed by atoms with E-state index in [4.69, 9.17) is 23.2 Å². The molecule has 0 aliphatic rings. The van der Waals surface area contributed by atoms with E-state index in [0.29, 0.717) is 10.0 Å². The quantitative estimate of drug-likeness (QED) is 0.791. The molecule has 0 saturated carbocycles. The maximum atomic E-state index is 6.18. The molecule has 0 fully saturated rings. The van der Waals surface area contributed by atoms with Gasteiger partial charge in [-0.15, -0.1) is 0 Å². The molecule has 102 valence electrons. The summed E-state index contributed by atoms with van der Waals surface area (Å²) in [5.74, 6) is 1.03. The number of nitrogens with one attached hydrogen (secondary N) is 2. The minimum absolute atomic E-state index is 0.210. The molecule has 0 aliphatic carbocycles. The highest BCUT2D eigenvalue weighted by molar-refractivity contribution is 6.35. The van der Waals surface area contributed by atoms with Crippen LogP contribution in [0, 0.1) is 0 Å². The Morgan fingerprint density at radius 2 is 2.21 bits per heavy atom. The molecular weight excluding hydrogens is 281 g/mol. The molecule has 2 rings (SSSR count). The van der Waals surface area contributed by atoms with Crippen molar-refractivity contribution in [2.45, 2.75) is 25.8 Å². The predicted octanol–water partition coefficient (Wildman–Crippen LogP) is 4.00. The summed E-state index contributed by atoms with van der Waals surface area (Å²) in [6, 6.07) is 5.82. The lowest BCUT2D eigenvalue weighted by molar-refractivity contribution is 0.555. The SMILES string of the molecule is CC(NCCCc1ncc[nH]1)c1ccc(Cl)cc1Cl. The van der Waals surface area contributed by atoms with Crippen molar-refractivity contribution in [2.24, 2.45) is 0 Å². The van der Waals surface area contributed by atoms with E-state index >= 15 is 0 Å². The molecule has 1 atom stereocenters. The van der Waals surface area contributed by atoms with Crippen LogP contribution in [0.4, 0.5) is 0 Å². The van der Waals surface area contributed by atoms with Crippen LogP contribution >= 0.6 is 23.2 Å². The van der Waals surface area contributed by atoms with E-state index in [9.17, 15) is 0 Å². The summed E-state index contributed by atoms with van der Waals surface area (Å²) in [6.45, 7) is 3.02. The maximum Gasteiger partial charge on any atom is 0.106 e. The summed E-state index contributed by atoms with van der Waals surface area (Å²) < 4.78 is 0. The van der Waals surface area contributed by atoms with Crippen LogP contribution in [0.5, 0.6) is 0 Å². The zero-order valence-corrected chi connectivity index (χ0v) is 12.3. The van der Waals surface area contributed by atoms with Gasteiger partial charge in [0.25, 0.3) is 0 Å². The molecule has 2 aromatic rings. The second-order valence-electron chi connectivity index (χ2n) is 4.48. The first-order valence-electron chi connectivity index (χ1n) is 6.33. The highest BCUT2D eigenvalue weighted by atomic mass is 35.5. The fourth-order valence-corrected chi connectivity index (χ4v) is 2.54. The van der Waals surface area contributed by atoms with Gasteiger partial charge in [0.05, 0.1) is 0 Å². The van der Waals surface area contributed by atoms with Crippen molar-refractivity contribution in [1.82, 2.24) is 15.3 Å². The third kappa shape index (κ3) is 4.23. The Morgan fingerprint density at radius 3 is 2.89 bits per heavy atom. The molecule has 1 unspecified atom stereocenters.